The highest BCUT2D eigenvalue weighted by molar-refractivity contribution is 6.67. The van der Waals surface area contributed by atoms with Crippen molar-refractivity contribution in [3.05, 3.63) is 70.8 Å². The summed E-state index contributed by atoms with van der Waals surface area (Å²) < 4.78 is 5.21. The topological polar surface area (TPSA) is 43.4 Å². The Morgan fingerprint density at radius 2 is 1.70 bits per heavy atom. The van der Waals surface area contributed by atoms with Crippen LogP contribution in [0.2, 0.25) is 0 Å². The van der Waals surface area contributed by atoms with Gasteiger partial charge in [-0.1, -0.05) is 30.3 Å². The van der Waals surface area contributed by atoms with Crippen LogP contribution >= 0.6 is 11.6 Å². The number of esters is 1. The second kappa shape index (κ2) is 6.35. The molecule has 0 radical (unpaired) electrons. The summed E-state index contributed by atoms with van der Waals surface area (Å²) in [5.74, 6) is -0.475. The number of benzene rings is 2. The van der Waals surface area contributed by atoms with Crippen LogP contribution in [0.4, 0.5) is 0 Å². The van der Waals surface area contributed by atoms with E-state index in [4.69, 9.17) is 16.3 Å². The van der Waals surface area contributed by atoms with Crippen LogP contribution in [0.5, 0.6) is 0 Å². The molecule has 102 valence electrons. The smallest absolute Gasteiger partial charge is 0.338 e. The lowest BCUT2D eigenvalue weighted by atomic mass is 10.1. The van der Waals surface area contributed by atoms with Gasteiger partial charge in [-0.3, -0.25) is 4.79 Å². The van der Waals surface area contributed by atoms with E-state index in [1.807, 2.05) is 30.3 Å². The number of hydrogen-bond acceptors (Lipinski definition) is 3. The molecule has 0 heterocycles. The van der Waals surface area contributed by atoms with Gasteiger partial charge in [0.2, 0.25) is 0 Å². The number of halogens is 1. The fourth-order valence-corrected chi connectivity index (χ4v) is 1.93. The Bertz CT molecular complexity index is 635. The summed E-state index contributed by atoms with van der Waals surface area (Å²) in [6, 6.07) is 14.1. The molecule has 0 amide bonds. The van der Waals surface area contributed by atoms with Crippen molar-refractivity contribution in [3.63, 3.8) is 0 Å². The predicted molar refractivity (Wildman–Crippen MR) is 76.9 cm³/mol. The maximum Gasteiger partial charge on any atom is 0.338 e. The minimum absolute atomic E-state index is 0.192. The molecule has 0 unspecified atom stereocenters. The van der Waals surface area contributed by atoms with Gasteiger partial charge in [0.25, 0.3) is 5.24 Å². The van der Waals surface area contributed by atoms with Crippen LogP contribution in [-0.2, 0) is 11.3 Å². The molecule has 0 bridgehead atoms. The SMILES string of the molecule is Cc1cc(C(=O)Cl)cc(C(=O)OCc2ccccc2)c1. The fourth-order valence-electron chi connectivity index (χ4n) is 1.82. The van der Waals surface area contributed by atoms with E-state index in [1.165, 1.54) is 6.07 Å². The highest BCUT2D eigenvalue weighted by Crippen LogP contribution is 2.14. The first-order valence-electron chi connectivity index (χ1n) is 6.09. The summed E-state index contributed by atoms with van der Waals surface area (Å²) >= 11 is 5.43. The van der Waals surface area contributed by atoms with Gasteiger partial charge >= 0.3 is 5.97 Å². The first-order chi connectivity index (χ1) is 9.56. The van der Waals surface area contributed by atoms with E-state index < -0.39 is 11.2 Å². The van der Waals surface area contributed by atoms with Crippen LogP contribution in [0, 0.1) is 6.92 Å². The summed E-state index contributed by atoms with van der Waals surface area (Å²) in [5, 5.41) is -0.592. The van der Waals surface area contributed by atoms with Crippen LogP contribution in [-0.4, -0.2) is 11.2 Å². The molecule has 2 aromatic rings. The highest BCUT2D eigenvalue weighted by atomic mass is 35.5. The molecule has 0 saturated carbocycles. The summed E-state index contributed by atoms with van der Waals surface area (Å²) in [4.78, 5) is 23.1. The zero-order valence-corrected chi connectivity index (χ0v) is 11.7. The third-order valence-electron chi connectivity index (χ3n) is 2.75. The average molecular weight is 289 g/mol. The molecule has 0 aliphatic heterocycles. The predicted octanol–water partition coefficient (Wildman–Crippen LogP) is 3.73. The molecule has 0 fully saturated rings. The van der Waals surface area contributed by atoms with Crippen molar-refractivity contribution in [1.29, 1.82) is 0 Å². The standard InChI is InChI=1S/C16H13ClO3/c1-11-7-13(15(17)18)9-14(8-11)16(19)20-10-12-5-3-2-4-6-12/h2-9H,10H2,1H3. The Morgan fingerprint density at radius 1 is 1.05 bits per heavy atom. The largest absolute Gasteiger partial charge is 0.457 e. The van der Waals surface area contributed by atoms with Gasteiger partial charge in [0, 0.05) is 5.56 Å². The second-order valence-corrected chi connectivity index (χ2v) is 4.77. The molecule has 0 aliphatic rings. The van der Waals surface area contributed by atoms with Crippen LogP contribution < -0.4 is 0 Å². The molecule has 20 heavy (non-hydrogen) atoms. The van der Waals surface area contributed by atoms with Gasteiger partial charge in [0.15, 0.2) is 0 Å². The van der Waals surface area contributed by atoms with E-state index in [0.717, 1.165) is 11.1 Å². The molecule has 3 nitrogen and oxygen atoms in total. The zero-order chi connectivity index (χ0) is 14.5. The van der Waals surface area contributed by atoms with Crippen LogP contribution in [0.3, 0.4) is 0 Å². The van der Waals surface area contributed by atoms with Crippen molar-refractivity contribution in [1.82, 2.24) is 0 Å². The van der Waals surface area contributed by atoms with E-state index in [2.05, 4.69) is 0 Å². The van der Waals surface area contributed by atoms with Gasteiger partial charge in [-0.15, -0.1) is 0 Å². The zero-order valence-electron chi connectivity index (χ0n) is 10.9. The third-order valence-corrected chi connectivity index (χ3v) is 2.97. The van der Waals surface area contributed by atoms with Crippen LogP contribution in [0.15, 0.2) is 48.5 Å². The maximum atomic E-state index is 12.0. The minimum Gasteiger partial charge on any atom is -0.457 e. The normalized spacial score (nSPS) is 10.1. The van der Waals surface area contributed by atoms with Crippen LogP contribution in [0.1, 0.15) is 31.8 Å². The number of ether oxygens (including phenoxy) is 1. The quantitative estimate of drug-likeness (QED) is 0.636. The van der Waals surface area contributed by atoms with E-state index in [1.54, 1.807) is 19.1 Å². The number of aryl methyl sites for hydroxylation is 1. The van der Waals surface area contributed by atoms with Crippen molar-refractivity contribution < 1.29 is 14.3 Å². The first-order valence-corrected chi connectivity index (χ1v) is 6.46. The molecule has 4 heteroatoms. The first kappa shape index (κ1) is 14.3. The van der Waals surface area contributed by atoms with Gasteiger partial charge in [0.05, 0.1) is 5.56 Å². The summed E-state index contributed by atoms with van der Waals surface area (Å²) in [6.07, 6.45) is 0. The van der Waals surface area contributed by atoms with Crippen molar-refractivity contribution in [2.45, 2.75) is 13.5 Å². The van der Waals surface area contributed by atoms with Gasteiger partial charge in [-0.25, -0.2) is 4.79 Å². The van der Waals surface area contributed by atoms with Gasteiger partial charge in [-0.05, 0) is 47.9 Å². The molecule has 0 aliphatic carbocycles. The third kappa shape index (κ3) is 3.68. The summed E-state index contributed by atoms with van der Waals surface area (Å²) in [5.41, 5.74) is 2.30. The highest BCUT2D eigenvalue weighted by Gasteiger charge is 2.12. The van der Waals surface area contributed by atoms with Gasteiger partial charge in [0.1, 0.15) is 6.61 Å². The Kier molecular flexibility index (Phi) is 4.53. The molecule has 0 N–H and O–H groups in total. The monoisotopic (exact) mass is 288 g/mol. The number of hydrogen-bond donors (Lipinski definition) is 0. The summed E-state index contributed by atoms with van der Waals surface area (Å²) in [6.45, 7) is 1.98. The Labute approximate surface area is 122 Å². The molecule has 2 rings (SSSR count). The van der Waals surface area contributed by atoms with Gasteiger partial charge in [-0.2, -0.15) is 0 Å². The lowest BCUT2D eigenvalue weighted by Crippen LogP contribution is -2.07. The van der Waals surface area contributed by atoms with Crippen molar-refractivity contribution in [2.24, 2.45) is 0 Å². The van der Waals surface area contributed by atoms with Crippen molar-refractivity contribution in [2.75, 3.05) is 0 Å². The van der Waals surface area contributed by atoms with Crippen LogP contribution in [0.25, 0.3) is 0 Å². The molecular weight excluding hydrogens is 276 g/mol. The van der Waals surface area contributed by atoms with Gasteiger partial charge < -0.3 is 4.74 Å². The molecule has 0 atom stereocenters. The Hall–Kier alpha value is -2.13. The van der Waals surface area contributed by atoms with Crippen molar-refractivity contribution in [3.8, 4) is 0 Å². The fraction of sp³-hybridized carbons (Fsp3) is 0.125. The Morgan fingerprint density at radius 3 is 2.35 bits per heavy atom. The Balaban J connectivity index is 2.11. The average Bonchev–Trinajstić information content (AvgIpc) is 2.45. The second-order valence-electron chi connectivity index (χ2n) is 4.42. The summed E-state index contributed by atoms with van der Waals surface area (Å²) in [7, 11) is 0. The van der Waals surface area contributed by atoms with E-state index >= 15 is 0 Å². The van der Waals surface area contributed by atoms with E-state index in [0.29, 0.717) is 11.1 Å². The minimum atomic E-state index is -0.592. The number of carbonyl (C=O) groups excluding carboxylic acids is 2. The maximum absolute atomic E-state index is 12.0. The number of carbonyl (C=O) groups is 2. The molecular formula is C16H13ClO3. The number of rotatable bonds is 4. The van der Waals surface area contributed by atoms with Crippen molar-refractivity contribution >= 4 is 22.8 Å². The molecule has 2 aromatic carbocycles. The molecule has 0 saturated heterocycles. The lowest BCUT2D eigenvalue weighted by Gasteiger charge is -2.07. The molecule has 0 spiro atoms. The van der Waals surface area contributed by atoms with E-state index in [-0.39, 0.29) is 6.61 Å². The lowest BCUT2D eigenvalue weighted by molar-refractivity contribution is 0.0472. The molecule has 0 aromatic heterocycles. The van der Waals surface area contributed by atoms with E-state index in [9.17, 15) is 9.59 Å².